The second kappa shape index (κ2) is 15.0. The van der Waals surface area contributed by atoms with Crippen LogP contribution in [0, 0.1) is 0 Å². The first kappa shape index (κ1) is 25.4. The third-order valence-corrected chi connectivity index (χ3v) is 4.81. The molecule has 0 saturated carbocycles. The Morgan fingerprint density at radius 2 is 2.06 bits per heavy atom. The molecule has 2 aromatic rings. The van der Waals surface area contributed by atoms with Gasteiger partial charge in [0.2, 0.25) is 0 Å². The smallest absolute Gasteiger partial charge is 0.191 e. The molecule has 1 atom stereocenters. The van der Waals surface area contributed by atoms with Gasteiger partial charge in [-0.25, -0.2) is 0 Å². The van der Waals surface area contributed by atoms with E-state index in [0.717, 1.165) is 62.0 Å². The lowest BCUT2D eigenvalue weighted by Gasteiger charge is -2.13. The maximum atomic E-state index is 5.77. The number of hydrogen-bond donors (Lipinski definition) is 2. The van der Waals surface area contributed by atoms with Gasteiger partial charge in [0.25, 0.3) is 0 Å². The van der Waals surface area contributed by atoms with E-state index in [-0.39, 0.29) is 24.0 Å². The fraction of sp³-hybridized carbons (Fsp3) is 0.478. The number of nitrogens with zero attached hydrogens (tertiary/aromatic N) is 2. The van der Waals surface area contributed by atoms with Gasteiger partial charge in [-0.3, -0.25) is 9.98 Å². The van der Waals surface area contributed by atoms with Crippen LogP contribution in [0.5, 0.6) is 5.75 Å². The molecule has 3 rings (SSSR count). The van der Waals surface area contributed by atoms with Gasteiger partial charge in [-0.05, 0) is 49.1 Å². The summed E-state index contributed by atoms with van der Waals surface area (Å²) in [4.78, 5) is 8.53. The zero-order chi connectivity index (χ0) is 20.9. The van der Waals surface area contributed by atoms with Crippen molar-refractivity contribution in [2.75, 3.05) is 33.4 Å². The normalized spacial score (nSPS) is 15.9. The van der Waals surface area contributed by atoms with Crippen molar-refractivity contribution < 1.29 is 14.2 Å². The second-order valence-electron chi connectivity index (χ2n) is 7.17. The predicted octanol–water partition coefficient (Wildman–Crippen LogP) is 3.53. The molecule has 7 nitrogen and oxygen atoms in total. The standard InChI is InChI=1S/C23H32N4O3.HI/c1-24-23(26-13-5-14-28-18-22-7-4-15-29-22)27-16-19-8-10-21(11-9-19)30-17-20-6-2-3-12-25-20;/h2-3,6,8-12,22H,4-5,7,13-18H2,1H3,(H2,24,26,27);1H. The first-order chi connectivity index (χ1) is 14.8. The van der Waals surface area contributed by atoms with Crippen molar-refractivity contribution in [3.63, 3.8) is 0 Å². The Morgan fingerprint density at radius 1 is 1.19 bits per heavy atom. The van der Waals surface area contributed by atoms with Crippen LogP contribution in [-0.4, -0.2) is 50.5 Å². The topological polar surface area (TPSA) is 77.0 Å². The lowest BCUT2D eigenvalue weighted by atomic mass is 10.2. The van der Waals surface area contributed by atoms with E-state index >= 15 is 0 Å². The number of pyridine rings is 1. The van der Waals surface area contributed by atoms with Crippen molar-refractivity contribution in [1.29, 1.82) is 0 Å². The summed E-state index contributed by atoms with van der Waals surface area (Å²) in [6.45, 7) is 4.27. The summed E-state index contributed by atoms with van der Waals surface area (Å²) < 4.78 is 17.0. The Morgan fingerprint density at radius 3 is 2.77 bits per heavy atom. The molecule has 170 valence electrons. The van der Waals surface area contributed by atoms with Gasteiger partial charge in [-0.2, -0.15) is 0 Å². The van der Waals surface area contributed by atoms with Crippen molar-refractivity contribution in [1.82, 2.24) is 15.6 Å². The van der Waals surface area contributed by atoms with Gasteiger partial charge in [-0.15, -0.1) is 24.0 Å². The van der Waals surface area contributed by atoms with Crippen LogP contribution in [-0.2, 0) is 22.6 Å². The van der Waals surface area contributed by atoms with Crippen molar-refractivity contribution in [2.24, 2.45) is 4.99 Å². The highest BCUT2D eigenvalue weighted by molar-refractivity contribution is 14.0. The van der Waals surface area contributed by atoms with Gasteiger partial charge >= 0.3 is 0 Å². The predicted molar refractivity (Wildman–Crippen MR) is 133 cm³/mol. The first-order valence-electron chi connectivity index (χ1n) is 10.6. The molecular formula is C23H33IN4O3. The van der Waals surface area contributed by atoms with E-state index in [1.807, 2.05) is 42.5 Å². The van der Waals surface area contributed by atoms with Crippen LogP contribution >= 0.6 is 24.0 Å². The van der Waals surface area contributed by atoms with Gasteiger partial charge in [0.05, 0.1) is 18.4 Å². The molecule has 1 aliphatic heterocycles. The molecule has 2 heterocycles. The molecule has 2 N–H and O–H groups in total. The molecular weight excluding hydrogens is 507 g/mol. The average molecular weight is 540 g/mol. The van der Waals surface area contributed by atoms with E-state index in [4.69, 9.17) is 14.2 Å². The highest BCUT2D eigenvalue weighted by Gasteiger charge is 2.14. The molecule has 1 aliphatic rings. The van der Waals surface area contributed by atoms with E-state index in [2.05, 4.69) is 20.6 Å². The van der Waals surface area contributed by atoms with Gasteiger partial charge in [-0.1, -0.05) is 18.2 Å². The summed E-state index contributed by atoms with van der Waals surface area (Å²) in [7, 11) is 1.78. The van der Waals surface area contributed by atoms with Crippen LogP contribution < -0.4 is 15.4 Å². The molecule has 31 heavy (non-hydrogen) atoms. The lowest BCUT2D eigenvalue weighted by Crippen LogP contribution is -2.37. The Balaban J connectivity index is 0.00000341. The summed E-state index contributed by atoms with van der Waals surface area (Å²) in [5.41, 5.74) is 2.07. The molecule has 8 heteroatoms. The van der Waals surface area contributed by atoms with E-state index < -0.39 is 0 Å². The third-order valence-electron chi connectivity index (χ3n) is 4.81. The summed E-state index contributed by atoms with van der Waals surface area (Å²) in [5.74, 6) is 1.61. The van der Waals surface area contributed by atoms with Crippen molar-refractivity contribution in [3.05, 3.63) is 59.9 Å². The molecule has 0 aliphatic carbocycles. The highest BCUT2D eigenvalue weighted by atomic mass is 127. The van der Waals surface area contributed by atoms with E-state index in [1.165, 1.54) is 0 Å². The van der Waals surface area contributed by atoms with Gasteiger partial charge in [0.15, 0.2) is 5.96 Å². The lowest BCUT2D eigenvalue weighted by molar-refractivity contribution is 0.0168. The van der Waals surface area contributed by atoms with Crippen LogP contribution in [0.1, 0.15) is 30.5 Å². The number of aromatic nitrogens is 1. The fourth-order valence-electron chi connectivity index (χ4n) is 3.12. The zero-order valence-corrected chi connectivity index (χ0v) is 20.4. The molecule has 0 amide bonds. The van der Waals surface area contributed by atoms with E-state index in [0.29, 0.717) is 25.9 Å². The number of nitrogens with one attached hydrogen (secondary N) is 2. The Kier molecular flexibility index (Phi) is 12.3. The van der Waals surface area contributed by atoms with Crippen LogP contribution in [0.3, 0.4) is 0 Å². The summed E-state index contributed by atoms with van der Waals surface area (Å²) >= 11 is 0. The van der Waals surface area contributed by atoms with Crippen LogP contribution in [0.4, 0.5) is 0 Å². The maximum Gasteiger partial charge on any atom is 0.191 e. The number of halogens is 1. The summed E-state index contributed by atoms with van der Waals surface area (Å²) in [6.07, 6.45) is 5.26. The number of guanidine groups is 1. The zero-order valence-electron chi connectivity index (χ0n) is 18.1. The van der Waals surface area contributed by atoms with Crippen molar-refractivity contribution in [2.45, 2.75) is 38.5 Å². The SMILES string of the molecule is CN=C(NCCCOCC1CCCO1)NCc1ccc(OCc2ccccn2)cc1.I. The molecule has 0 spiro atoms. The Labute approximate surface area is 202 Å². The second-order valence-corrected chi connectivity index (χ2v) is 7.17. The van der Waals surface area contributed by atoms with E-state index in [1.54, 1.807) is 13.2 Å². The van der Waals surface area contributed by atoms with Crippen molar-refractivity contribution >= 4 is 29.9 Å². The molecule has 0 radical (unpaired) electrons. The Bertz CT molecular complexity index is 753. The fourth-order valence-corrected chi connectivity index (χ4v) is 3.12. The molecule has 0 bridgehead atoms. The number of ether oxygens (including phenoxy) is 3. The van der Waals surface area contributed by atoms with Crippen LogP contribution in [0.2, 0.25) is 0 Å². The summed E-state index contributed by atoms with van der Waals surface area (Å²) in [6, 6.07) is 13.9. The summed E-state index contributed by atoms with van der Waals surface area (Å²) in [5, 5.41) is 6.64. The monoisotopic (exact) mass is 540 g/mol. The minimum atomic E-state index is 0. The molecule has 1 aromatic carbocycles. The largest absolute Gasteiger partial charge is 0.487 e. The molecule has 1 fully saturated rings. The highest BCUT2D eigenvalue weighted by Crippen LogP contribution is 2.14. The Hall–Kier alpha value is -1.91. The number of aliphatic imine (C=N–C) groups is 1. The van der Waals surface area contributed by atoms with Gasteiger partial charge in [0.1, 0.15) is 12.4 Å². The minimum Gasteiger partial charge on any atom is -0.487 e. The quantitative estimate of drug-likeness (QED) is 0.197. The maximum absolute atomic E-state index is 5.77. The average Bonchev–Trinajstić information content (AvgIpc) is 3.32. The molecule has 1 saturated heterocycles. The first-order valence-corrected chi connectivity index (χ1v) is 10.6. The van der Waals surface area contributed by atoms with Gasteiger partial charge < -0.3 is 24.8 Å². The molecule has 1 aromatic heterocycles. The number of hydrogen-bond acceptors (Lipinski definition) is 5. The third kappa shape index (κ3) is 9.84. The number of rotatable bonds is 11. The number of benzene rings is 1. The molecule has 1 unspecified atom stereocenters. The van der Waals surface area contributed by atoms with E-state index in [9.17, 15) is 0 Å². The minimum absolute atomic E-state index is 0. The van der Waals surface area contributed by atoms with Crippen molar-refractivity contribution in [3.8, 4) is 5.75 Å². The van der Waals surface area contributed by atoms with Crippen LogP contribution in [0.25, 0.3) is 0 Å². The van der Waals surface area contributed by atoms with Gasteiger partial charge in [0, 0.05) is 39.5 Å². The van der Waals surface area contributed by atoms with Crippen LogP contribution in [0.15, 0.2) is 53.7 Å².